The van der Waals surface area contributed by atoms with E-state index in [1.807, 2.05) is 13.8 Å². The summed E-state index contributed by atoms with van der Waals surface area (Å²) in [6.45, 7) is 3.36. The highest BCUT2D eigenvalue weighted by Gasteiger charge is 2.23. The number of rotatable bonds is 6. The molecule has 0 aliphatic carbocycles. The number of hydrogen-bond acceptors (Lipinski definition) is 4. The molecule has 0 bridgehead atoms. The van der Waals surface area contributed by atoms with Gasteiger partial charge in [-0.25, -0.2) is 13.2 Å². The number of nitrogens with zero attached hydrogens (tertiary/aromatic N) is 1. The summed E-state index contributed by atoms with van der Waals surface area (Å²) in [7, 11) is -2.45. The fourth-order valence-corrected chi connectivity index (χ4v) is 3.57. The lowest BCUT2D eigenvalue weighted by molar-refractivity contribution is -0.116. The predicted molar refractivity (Wildman–Crippen MR) is 104 cm³/mol. The standard InChI is InChI=1S/C18H22N4O4S/c1-12-7-8-16(9-13(12)2)27(25,26)22(3)11-17(23)20-14-5-4-6-15(10-14)21-18(19)24/h4-10H,11H2,1-3H3,(H,20,23)(H3,19,21,24). The van der Waals surface area contributed by atoms with Gasteiger partial charge in [0.2, 0.25) is 15.9 Å². The maximum Gasteiger partial charge on any atom is 0.316 e. The lowest BCUT2D eigenvalue weighted by Crippen LogP contribution is -2.35. The van der Waals surface area contributed by atoms with Crippen LogP contribution in [0.25, 0.3) is 0 Å². The van der Waals surface area contributed by atoms with Crippen molar-refractivity contribution in [2.45, 2.75) is 18.7 Å². The number of sulfonamides is 1. The first-order chi connectivity index (χ1) is 12.6. The number of urea groups is 1. The fraction of sp³-hybridized carbons (Fsp3) is 0.222. The van der Waals surface area contributed by atoms with Gasteiger partial charge in [0.05, 0.1) is 11.4 Å². The van der Waals surface area contributed by atoms with E-state index in [0.29, 0.717) is 11.4 Å². The predicted octanol–water partition coefficient (Wildman–Crippen LogP) is 2.05. The van der Waals surface area contributed by atoms with Crippen LogP contribution in [0, 0.1) is 13.8 Å². The van der Waals surface area contributed by atoms with Crippen LogP contribution in [-0.4, -0.2) is 38.3 Å². The van der Waals surface area contributed by atoms with E-state index in [-0.39, 0.29) is 11.4 Å². The zero-order valence-corrected chi connectivity index (χ0v) is 16.1. The van der Waals surface area contributed by atoms with Gasteiger partial charge >= 0.3 is 6.03 Å². The van der Waals surface area contributed by atoms with Crippen LogP contribution in [0.3, 0.4) is 0 Å². The van der Waals surface area contributed by atoms with Crippen LogP contribution in [-0.2, 0) is 14.8 Å². The maximum absolute atomic E-state index is 12.6. The number of hydrogen-bond donors (Lipinski definition) is 3. The quantitative estimate of drug-likeness (QED) is 0.699. The first-order valence-electron chi connectivity index (χ1n) is 8.09. The van der Waals surface area contributed by atoms with Crippen molar-refractivity contribution < 1.29 is 18.0 Å². The summed E-state index contributed by atoms with van der Waals surface area (Å²) in [5, 5.41) is 4.99. The van der Waals surface area contributed by atoms with Crippen molar-refractivity contribution in [1.29, 1.82) is 0 Å². The van der Waals surface area contributed by atoms with E-state index >= 15 is 0 Å². The minimum absolute atomic E-state index is 0.133. The average Bonchev–Trinajstić information content (AvgIpc) is 2.56. The highest BCUT2D eigenvalue weighted by Crippen LogP contribution is 2.19. The molecule has 2 aromatic carbocycles. The molecule has 0 fully saturated rings. The van der Waals surface area contributed by atoms with Gasteiger partial charge in [0, 0.05) is 18.4 Å². The number of nitrogens with one attached hydrogen (secondary N) is 2. The molecule has 27 heavy (non-hydrogen) atoms. The minimum Gasteiger partial charge on any atom is -0.351 e. The van der Waals surface area contributed by atoms with Crippen LogP contribution in [0.1, 0.15) is 11.1 Å². The van der Waals surface area contributed by atoms with Crippen molar-refractivity contribution in [3.05, 3.63) is 53.6 Å². The van der Waals surface area contributed by atoms with E-state index in [1.165, 1.54) is 19.2 Å². The van der Waals surface area contributed by atoms with E-state index in [0.717, 1.165) is 15.4 Å². The summed E-state index contributed by atoms with van der Waals surface area (Å²) in [4.78, 5) is 23.2. The van der Waals surface area contributed by atoms with Gasteiger partial charge in [-0.2, -0.15) is 4.31 Å². The second kappa shape index (κ2) is 8.19. The van der Waals surface area contributed by atoms with Crippen molar-refractivity contribution in [3.8, 4) is 0 Å². The number of nitrogens with two attached hydrogens (primary N) is 1. The molecule has 0 unspecified atom stereocenters. The summed E-state index contributed by atoms with van der Waals surface area (Å²) in [5.41, 5.74) is 7.71. The Bertz CT molecular complexity index is 973. The molecule has 0 saturated carbocycles. The summed E-state index contributed by atoms with van der Waals surface area (Å²) in [5.74, 6) is -0.513. The number of primary amides is 1. The third kappa shape index (κ3) is 5.28. The lowest BCUT2D eigenvalue weighted by Gasteiger charge is -2.17. The topological polar surface area (TPSA) is 122 Å². The zero-order chi connectivity index (χ0) is 20.2. The van der Waals surface area contributed by atoms with Gasteiger partial charge in [-0.15, -0.1) is 0 Å². The van der Waals surface area contributed by atoms with Crippen LogP contribution in [0.15, 0.2) is 47.4 Å². The van der Waals surface area contributed by atoms with Crippen molar-refractivity contribution in [1.82, 2.24) is 4.31 Å². The van der Waals surface area contributed by atoms with Crippen LogP contribution in [0.4, 0.5) is 16.2 Å². The molecule has 2 rings (SSSR count). The molecule has 0 aliphatic heterocycles. The molecule has 3 amide bonds. The minimum atomic E-state index is -3.79. The fourth-order valence-electron chi connectivity index (χ4n) is 2.36. The number of carbonyl (C=O) groups is 2. The van der Waals surface area contributed by atoms with E-state index in [4.69, 9.17) is 5.73 Å². The van der Waals surface area contributed by atoms with E-state index in [9.17, 15) is 18.0 Å². The highest BCUT2D eigenvalue weighted by atomic mass is 32.2. The third-order valence-electron chi connectivity index (χ3n) is 3.97. The van der Waals surface area contributed by atoms with Crippen molar-refractivity contribution in [2.24, 2.45) is 5.73 Å². The molecule has 0 saturated heterocycles. The molecule has 8 nitrogen and oxygen atoms in total. The lowest BCUT2D eigenvalue weighted by atomic mass is 10.1. The van der Waals surface area contributed by atoms with E-state index in [2.05, 4.69) is 10.6 Å². The van der Waals surface area contributed by atoms with Crippen LogP contribution >= 0.6 is 0 Å². The SMILES string of the molecule is Cc1ccc(S(=O)(=O)N(C)CC(=O)Nc2cccc(NC(N)=O)c2)cc1C. The van der Waals surface area contributed by atoms with Crippen LogP contribution < -0.4 is 16.4 Å². The van der Waals surface area contributed by atoms with E-state index < -0.39 is 22.0 Å². The van der Waals surface area contributed by atoms with E-state index in [1.54, 1.807) is 30.3 Å². The van der Waals surface area contributed by atoms with Gasteiger partial charge in [-0.1, -0.05) is 12.1 Å². The Morgan fingerprint density at radius 1 is 1.00 bits per heavy atom. The smallest absolute Gasteiger partial charge is 0.316 e. The number of benzene rings is 2. The Hall–Kier alpha value is -2.91. The molecule has 0 spiro atoms. The number of aryl methyl sites for hydroxylation is 2. The third-order valence-corrected chi connectivity index (χ3v) is 5.77. The number of carbonyl (C=O) groups excluding carboxylic acids is 2. The average molecular weight is 390 g/mol. The maximum atomic E-state index is 12.6. The van der Waals surface area contributed by atoms with Crippen LogP contribution in [0.5, 0.6) is 0 Å². The molecule has 0 heterocycles. The normalized spacial score (nSPS) is 11.3. The Balaban J connectivity index is 2.08. The monoisotopic (exact) mass is 390 g/mol. The second-order valence-electron chi connectivity index (χ2n) is 6.13. The second-order valence-corrected chi connectivity index (χ2v) is 8.17. The van der Waals surface area contributed by atoms with Gasteiger partial charge in [-0.3, -0.25) is 4.79 Å². The summed E-state index contributed by atoms with van der Waals surface area (Å²) < 4.78 is 26.3. The zero-order valence-electron chi connectivity index (χ0n) is 15.3. The van der Waals surface area contributed by atoms with Crippen molar-refractivity contribution in [2.75, 3.05) is 24.2 Å². The molecular formula is C18H22N4O4S. The molecule has 2 aromatic rings. The number of anilines is 2. The Morgan fingerprint density at radius 2 is 1.63 bits per heavy atom. The van der Waals surface area contributed by atoms with Gasteiger partial charge in [0.25, 0.3) is 0 Å². The molecular weight excluding hydrogens is 368 g/mol. The molecule has 0 aromatic heterocycles. The summed E-state index contributed by atoms with van der Waals surface area (Å²) in [6, 6.07) is 10.5. The summed E-state index contributed by atoms with van der Waals surface area (Å²) >= 11 is 0. The number of amides is 3. The van der Waals surface area contributed by atoms with Gasteiger partial charge in [0.15, 0.2) is 0 Å². The van der Waals surface area contributed by atoms with Gasteiger partial charge in [0.1, 0.15) is 0 Å². The first kappa shape index (κ1) is 20.4. The van der Waals surface area contributed by atoms with Gasteiger partial charge in [-0.05, 0) is 55.3 Å². The molecule has 4 N–H and O–H groups in total. The molecule has 0 atom stereocenters. The first-order valence-corrected chi connectivity index (χ1v) is 9.53. The Morgan fingerprint density at radius 3 is 2.22 bits per heavy atom. The Labute approximate surface area is 158 Å². The number of likely N-dealkylation sites (N-methyl/N-ethyl adjacent to an activating group) is 1. The Kier molecular flexibility index (Phi) is 6.19. The largest absolute Gasteiger partial charge is 0.351 e. The van der Waals surface area contributed by atoms with Crippen molar-refractivity contribution in [3.63, 3.8) is 0 Å². The summed E-state index contributed by atoms with van der Waals surface area (Å²) in [6.07, 6.45) is 0. The molecule has 0 radical (unpaired) electrons. The molecule has 9 heteroatoms. The highest BCUT2D eigenvalue weighted by molar-refractivity contribution is 7.89. The van der Waals surface area contributed by atoms with Crippen molar-refractivity contribution >= 4 is 33.3 Å². The molecule has 144 valence electrons. The van der Waals surface area contributed by atoms with Crippen LogP contribution in [0.2, 0.25) is 0 Å². The van der Waals surface area contributed by atoms with Gasteiger partial charge < -0.3 is 16.4 Å². The molecule has 0 aliphatic rings.